The van der Waals surface area contributed by atoms with Gasteiger partial charge in [0.25, 0.3) is 0 Å². The maximum absolute atomic E-state index is 12.8. The van der Waals surface area contributed by atoms with Crippen LogP contribution in [0.3, 0.4) is 0 Å². The SMILES string of the molecule is CC(C)(C)OC(=O)NC1(c2ccc(-c3c(-c4ccc(NSC(F)(F)F)cc4)nc4n3-c3cccnc3Nc3ccccc3-4)cc2)CCC1. The van der Waals surface area contributed by atoms with E-state index in [2.05, 4.69) is 24.9 Å². The number of fused-ring (bicyclic) bond motifs is 5. The Labute approximate surface area is 280 Å². The highest BCUT2D eigenvalue weighted by Gasteiger charge is 2.41. The van der Waals surface area contributed by atoms with Crippen molar-refractivity contribution in [3.8, 4) is 39.6 Å². The fourth-order valence-electron chi connectivity index (χ4n) is 6.17. The van der Waals surface area contributed by atoms with Gasteiger partial charge < -0.3 is 20.1 Å². The average Bonchev–Trinajstić information content (AvgIpc) is 3.35. The normalized spacial score (nSPS) is 14.7. The Balaban J connectivity index is 1.35. The number of amides is 1. The van der Waals surface area contributed by atoms with Crippen LogP contribution in [0.1, 0.15) is 45.6 Å². The molecule has 12 heteroatoms. The van der Waals surface area contributed by atoms with E-state index in [1.807, 2.05) is 81.4 Å². The van der Waals surface area contributed by atoms with Gasteiger partial charge in [0, 0.05) is 28.6 Å². The predicted octanol–water partition coefficient (Wildman–Crippen LogP) is 9.81. The van der Waals surface area contributed by atoms with Crippen LogP contribution in [0.4, 0.5) is 35.2 Å². The highest BCUT2D eigenvalue weighted by Crippen LogP contribution is 2.46. The minimum atomic E-state index is -4.41. The summed E-state index contributed by atoms with van der Waals surface area (Å²) < 4.78 is 48.5. The Bertz CT molecular complexity index is 1980. The number of hydrogen-bond acceptors (Lipinski definition) is 7. The van der Waals surface area contributed by atoms with Crippen LogP contribution in [0.25, 0.3) is 39.6 Å². The molecule has 1 saturated carbocycles. The second-order valence-electron chi connectivity index (χ2n) is 12.9. The number of imidazole rings is 1. The van der Waals surface area contributed by atoms with E-state index >= 15 is 0 Å². The first-order valence-corrected chi connectivity index (χ1v) is 16.4. The fourth-order valence-corrected chi connectivity index (χ4v) is 6.54. The Morgan fingerprint density at radius 3 is 2.31 bits per heavy atom. The van der Waals surface area contributed by atoms with Gasteiger partial charge in [-0.3, -0.25) is 4.57 Å². The highest BCUT2D eigenvalue weighted by molar-refractivity contribution is 8.01. The summed E-state index contributed by atoms with van der Waals surface area (Å²) in [6, 6.07) is 26.6. The molecule has 0 atom stereocenters. The Morgan fingerprint density at radius 2 is 1.65 bits per heavy atom. The Hall–Kier alpha value is -4.97. The summed E-state index contributed by atoms with van der Waals surface area (Å²) >= 11 is -0.305. The van der Waals surface area contributed by atoms with Crippen LogP contribution in [0.5, 0.6) is 0 Å². The number of para-hydroxylation sites is 1. The van der Waals surface area contributed by atoms with Crippen molar-refractivity contribution in [2.24, 2.45) is 0 Å². The number of rotatable bonds is 6. The summed E-state index contributed by atoms with van der Waals surface area (Å²) in [5.74, 6) is 1.35. The van der Waals surface area contributed by atoms with Gasteiger partial charge in [0.2, 0.25) is 0 Å². The molecule has 1 aliphatic carbocycles. The van der Waals surface area contributed by atoms with Crippen molar-refractivity contribution in [2.45, 2.75) is 56.7 Å². The van der Waals surface area contributed by atoms with Crippen LogP contribution in [0, 0.1) is 0 Å². The summed E-state index contributed by atoms with van der Waals surface area (Å²) in [4.78, 5) is 22.7. The maximum atomic E-state index is 12.8. The van der Waals surface area contributed by atoms with Gasteiger partial charge in [0.05, 0.1) is 40.2 Å². The van der Waals surface area contributed by atoms with Crippen LogP contribution >= 0.6 is 11.9 Å². The molecule has 246 valence electrons. The zero-order valence-electron chi connectivity index (χ0n) is 26.5. The third-order valence-electron chi connectivity index (χ3n) is 8.43. The number of pyridine rings is 1. The molecule has 1 aliphatic heterocycles. The zero-order chi connectivity index (χ0) is 33.7. The minimum absolute atomic E-state index is 0.305. The average molecular weight is 671 g/mol. The third-order valence-corrected chi connectivity index (χ3v) is 9.00. The molecule has 0 spiro atoms. The van der Waals surface area contributed by atoms with Crippen LogP contribution < -0.4 is 15.4 Å². The number of nitrogens with one attached hydrogen (secondary N) is 3. The number of ether oxygens (including phenoxy) is 1. The number of nitrogens with zero attached hydrogens (tertiary/aromatic N) is 3. The molecule has 2 aliphatic rings. The molecule has 2 aromatic heterocycles. The number of halogens is 3. The first-order chi connectivity index (χ1) is 22.9. The van der Waals surface area contributed by atoms with Gasteiger partial charge >= 0.3 is 11.6 Å². The molecule has 0 unspecified atom stereocenters. The lowest BCUT2D eigenvalue weighted by Crippen LogP contribution is -2.52. The number of anilines is 3. The van der Waals surface area contributed by atoms with Crippen LogP contribution in [-0.2, 0) is 10.3 Å². The summed E-state index contributed by atoms with van der Waals surface area (Å²) in [5.41, 5.74) is 1.31. The van der Waals surface area contributed by atoms with E-state index in [0.29, 0.717) is 23.0 Å². The van der Waals surface area contributed by atoms with Crippen molar-refractivity contribution in [3.63, 3.8) is 0 Å². The topological polar surface area (TPSA) is 93.1 Å². The van der Waals surface area contributed by atoms with Crippen molar-refractivity contribution in [1.29, 1.82) is 0 Å². The van der Waals surface area contributed by atoms with Crippen LogP contribution in [0.2, 0.25) is 0 Å². The number of alkyl carbamates (subject to hydrolysis) is 1. The van der Waals surface area contributed by atoms with Crippen molar-refractivity contribution >= 4 is 35.2 Å². The van der Waals surface area contributed by atoms with Gasteiger partial charge in [-0.1, -0.05) is 48.5 Å². The zero-order valence-corrected chi connectivity index (χ0v) is 27.3. The molecule has 8 nitrogen and oxygen atoms in total. The van der Waals surface area contributed by atoms with Crippen molar-refractivity contribution < 1.29 is 22.7 Å². The van der Waals surface area contributed by atoms with Gasteiger partial charge in [-0.25, -0.2) is 14.8 Å². The largest absolute Gasteiger partial charge is 0.461 e. The molecule has 1 amide bonds. The summed E-state index contributed by atoms with van der Waals surface area (Å²) in [7, 11) is 0. The second kappa shape index (κ2) is 11.9. The lowest BCUT2D eigenvalue weighted by atomic mass is 9.71. The van der Waals surface area contributed by atoms with Gasteiger partial charge in [-0.15, -0.1) is 0 Å². The number of hydrogen-bond donors (Lipinski definition) is 3. The number of alkyl halides is 3. The summed E-state index contributed by atoms with van der Waals surface area (Å²) in [6.45, 7) is 5.52. The van der Waals surface area contributed by atoms with E-state index in [9.17, 15) is 18.0 Å². The molecule has 7 rings (SSSR count). The van der Waals surface area contributed by atoms with Crippen molar-refractivity contribution in [3.05, 3.63) is 96.7 Å². The number of benzene rings is 3. The lowest BCUT2D eigenvalue weighted by molar-refractivity contribution is -0.0324. The molecule has 5 aromatic rings. The molecule has 48 heavy (non-hydrogen) atoms. The maximum Gasteiger partial charge on any atom is 0.461 e. The number of carbonyl (C=O) groups is 1. The van der Waals surface area contributed by atoms with E-state index < -0.39 is 22.7 Å². The van der Waals surface area contributed by atoms with Crippen molar-refractivity contribution in [2.75, 3.05) is 10.0 Å². The summed E-state index contributed by atoms with van der Waals surface area (Å²) in [5, 5.41) is 6.59. The van der Waals surface area contributed by atoms with E-state index in [4.69, 9.17) is 9.72 Å². The van der Waals surface area contributed by atoms with Crippen molar-refractivity contribution in [1.82, 2.24) is 19.9 Å². The number of carbonyl (C=O) groups excluding carboxylic acids is 1. The molecule has 0 saturated heterocycles. The van der Waals surface area contributed by atoms with E-state index in [1.165, 1.54) is 0 Å². The molecule has 0 radical (unpaired) electrons. The van der Waals surface area contributed by atoms with Crippen LogP contribution in [-0.4, -0.2) is 31.7 Å². The smallest absolute Gasteiger partial charge is 0.444 e. The van der Waals surface area contributed by atoms with Crippen LogP contribution in [0.15, 0.2) is 91.1 Å². The molecule has 3 aromatic carbocycles. The quantitative estimate of drug-likeness (QED) is 0.152. The lowest BCUT2D eigenvalue weighted by Gasteiger charge is -2.43. The first kappa shape index (κ1) is 31.6. The summed E-state index contributed by atoms with van der Waals surface area (Å²) in [6.07, 6.45) is 3.87. The number of aromatic nitrogens is 3. The van der Waals surface area contributed by atoms with E-state index in [1.54, 1.807) is 30.5 Å². The Kier molecular flexibility index (Phi) is 7.86. The fraction of sp³-hybridized carbons (Fsp3) is 0.250. The van der Waals surface area contributed by atoms with E-state index in [0.717, 1.165) is 58.6 Å². The van der Waals surface area contributed by atoms with Gasteiger partial charge in [0.1, 0.15) is 11.4 Å². The highest BCUT2D eigenvalue weighted by atomic mass is 32.2. The standard InChI is InChI=1S/C36H33F3N6O2S/c1-34(2,3)47-33(46)43-35(19-7-20-35)24-15-11-23(12-16-24)30-29(22-13-17-25(18-14-22)44-48-36(37,38)39)42-32-26-8-4-5-9-27(26)41-31-28(45(30)32)10-6-21-40-31/h4-6,8-18,21,44H,7,19-20H2,1-3H3,(H,40,41)(H,43,46). The van der Waals surface area contributed by atoms with Gasteiger partial charge in [-0.05, 0) is 82.0 Å². The molecule has 3 heterocycles. The van der Waals surface area contributed by atoms with Gasteiger partial charge in [0.15, 0.2) is 5.82 Å². The Morgan fingerprint density at radius 1 is 0.938 bits per heavy atom. The monoisotopic (exact) mass is 670 g/mol. The molecule has 3 N–H and O–H groups in total. The molecule has 0 bridgehead atoms. The molecular weight excluding hydrogens is 637 g/mol. The molecule has 1 fully saturated rings. The third kappa shape index (κ3) is 6.19. The predicted molar refractivity (Wildman–Crippen MR) is 183 cm³/mol. The van der Waals surface area contributed by atoms with Gasteiger partial charge in [-0.2, -0.15) is 13.2 Å². The first-order valence-electron chi connectivity index (χ1n) is 15.6. The van der Waals surface area contributed by atoms with E-state index in [-0.39, 0.29) is 11.9 Å². The second-order valence-corrected chi connectivity index (χ2v) is 13.7. The minimum Gasteiger partial charge on any atom is -0.444 e. The molecular formula is C36H33F3N6O2S.